The molecule has 0 spiro atoms. The number of nitrogens with one attached hydrogen (secondary N) is 1. The molecule has 0 bridgehead atoms. The van der Waals surface area contributed by atoms with Gasteiger partial charge in [0.2, 0.25) is 5.91 Å². The zero-order valence-electron chi connectivity index (χ0n) is 14.6. The molecule has 1 saturated carbocycles. The van der Waals surface area contributed by atoms with Crippen LogP contribution in [0.3, 0.4) is 0 Å². The van der Waals surface area contributed by atoms with Gasteiger partial charge in [0.1, 0.15) is 11.9 Å². The topological polar surface area (TPSA) is 50.8 Å². The van der Waals surface area contributed by atoms with E-state index in [0.29, 0.717) is 24.3 Å². The van der Waals surface area contributed by atoms with Crippen molar-refractivity contribution in [2.24, 2.45) is 5.92 Å². The quantitative estimate of drug-likeness (QED) is 0.895. The number of halogens is 1. The lowest BCUT2D eigenvalue weighted by molar-refractivity contribution is -0.130. The van der Waals surface area contributed by atoms with Crippen molar-refractivity contribution in [3.8, 4) is 11.5 Å². The zero-order chi connectivity index (χ0) is 18.1. The summed E-state index contributed by atoms with van der Waals surface area (Å²) in [4.78, 5) is 12.5. The average molecular weight is 356 g/mol. The van der Waals surface area contributed by atoms with Crippen LogP contribution in [-0.2, 0) is 11.2 Å². The molecule has 1 heterocycles. The number of hydrazine groups is 1. The third kappa shape index (κ3) is 3.19. The van der Waals surface area contributed by atoms with Crippen LogP contribution in [0.2, 0.25) is 0 Å². The molecule has 0 atom stereocenters. The van der Waals surface area contributed by atoms with Crippen LogP contribution in [0.4, 0.5) is 10.1 Å². The summed E-state index contributed by atoms with van der Waals surface area (Å²) < 4.78 is 24.4. The second-order valence-corrected chi connectivity index (χ2v) is 6.71. The molecule has 6 heteroatoms. The van der Waals surface area contributed by atoms with Crippen LogP contribution in [0.5, 0.6) is 11.5 Å². The van der Waals surface area contributed by atoms with Crippen molar-refractivity contribution < 1.29 is 18.7 Å². The monoisotopic (exact) mass is 356 g/mol. The van der Waals surface area contributed by atoms with E-state index in [1.54, 1.807) is 6.07 Å². The van der Waals surface area contributed by atoms with Crippen LogP contribution in [0.25, 0.3) is 0 Å². The van der Waals surface area contributed by atoms with Gasteiger partial charge in [-0.3, -0.25) is 15.2 Å². The van der Waals surface area contributed by atoms with Gasteiger partial charge in [0.25, 0.3) is 0 Å². The highest BCUT2D eigenvalue weighted by Gasteiger charge is 2.37. The number of benzene rings is 2. The first-order valence-electron chi connectivity index (χ1n) is 8.80. The van der Waals surface area contributed by atoms with E-state index in [1.165, 1.54) is 24.8 Å². The third-order valence-corrected chi connectivity index (χ3v) is 5.02. The smallest absolute Gasteiger partial charge is 0.241 e. The number of ether oxygens (including phenoxy) is 2. The van der Waals surface area contributed by atoms with Gasteiger partial charge < -0.3 is 9.47 Å². The van der Waals surface area contributed by atoms with E-state index in [4.69, 9.17) is 9.47 Å². The third-order valence-electron chi connectivity index (χ3n) is 5.02. The minimum Gasteiger partial charge on any atom is -0.493 e. The van der Waals surface area contributed by atoms with Crippen LogP contribution in [0, 0.1) is 11.7 Å². The summed E-state index contributed by atoms with van der Waals surface area (Å²) in [5.74, 6) is 0.417. The summed E-state index contributed by atoms with van der Waals surface area (Å²) in [6.07, 6.45) is 2.06. The van der Waals surface area contributed by atoms with Gasteiger partial charge in [-0.25, -0.2) is 4.39 Å². The summed E-state index contributed by atoms with van der Waals surface area (Å²) >= 11 is 0. The molecule has 0 aromatic heterocycles. The van der Waals surface area contributed by atoms with Crippen LogP contribution >= 0.6 is 0 Å². The SMILES string of the molecule is COc1ccc(F)cc1O[C@H]1C[C@H](C(=O)NN2CCc3ccccc32)C1. The molecule has 1 fully saturated rings. The number of para-hydroxylation sites is 1. The maximum atomic E-state index is 13.4. The molecule has 1 N–H and O–H groups in total. The van der Waals surface area contributed by atoms with E-state index < -0.39 is 0 Å². The molecule has 1 aliphatic carbocycles. The van der Waals surface area contributed by atoms with Crippen molar-refractivity contribution in [1.82, 2.24) is 5.43 Å². The Hall–Kier alpha value is -2.76. The molecule has 0 unspecified atom stereocenters. The summed E-state index contributed by atoms with van der Waals surface area (Å²) in [6.45, 7) is 0.790. The predicted octanol–water partition coefficient (Wildman–Crippen LogP) is 3.09. The lowest BCUT2D eigenvalue weighted by Crippen LogP contribution is -2.49. The number of rotatable bonds is 5. The Morgan fingerprint density at radius 2 is 2.00 bits per heavy atom. The summed E-state index contributed by atoms with van der Waals surface area (Å²) in [6, 6.07) is 12.3. The minimum absolute atomic E-state index is 0.00719. The van der Waals surface area contributed by atoms with Crippen molar-refractivity contribution >= 4 is 11.6 Å². The van der Waals surface area contributed by atoms with Gasteiger partial charge >= 0.3 is 0 Å². The Kier molecular flexibility index (Phi) is 4.41. The first kappa shape index (κ1) is 16.7. The molecule has 5 nitrogen and oxygen atoms in total. The number of fused-ring (bicyclic) bond motifs is 1. The fraction of sp³-hybridized carbons (Fsp3) is 0.350. The zero-order valence-corrected chi connectivity index (χ0v) is 14.6. The van der Waals surface area contributed by atoms with Crippen LogP contribution < -0.4 is 19.9 Å². The van der Waals surface area contributed by atoms with Gasteiger partial charge in [-0.1, -0.05) is 18.2 Å². The lowest BCUT2D eigenvalue weighted by atomic mass is 9.81. The second-order valence-electron chi connectivity index (χ2n) is 6.71. The fourth-order valence-corrected chi connectivity index (χ4v) is 3.48. The Morgan fingerprint density at radius 1 is 1.19 bits per heavy atom. The number of methoxy groups -OCH3 is 1. The highest BCUT2D eigenvalue weighted by Crippen LogP contribution is 2.36. The van der Waals surface area contributed by atoms with Gasteiger partial charge in [0, 0.05) is 18.5 Å². The number of hydrogen-bond acceptors (Lipinski definition) is 4. The molecule has 0 radical (unpaired) electrons. The Bertz CT molecular complexity index is 820. The molecule has 4 rings (SSSR count). The Morgan fingerprint density at radius 3 is 2.81 bits per heavy atom. The number of nitrogens with zero attached hydrogens (tertiary/aromatic N) is 1. The maximum Gasteiger partial charge on any atom is 0.241 e. The summed E-state index contributed by atoms with van der Waals surface area (Å²) in [5, 5.41) is 1.92. The van der Waals surface area contributed by atoms with E-state index in [1.807, 2.05) is 23.2 Å². The normalized spacial score (nSPS) is 20.9. The first-order valence-corrected chi connectivity index (χ1v) is 8.80. The molecule has 2 aromatic carbocycles. The van der Waals surface area contributed by atoms with E-state index in [9.17, 15) is 9.18 Å². The molecule has 1 amide bonds. The Balaban J connectivity index is 1.31. The molecular formula is C20H21FN2O3. The van der Waals surface area contributed by atoms with Gasteiger partial charge in [-0.2, -0.15) is 0 Å². The van der Waals surface area contributed by atoms with Gasteiger partial charge in [0.15, 0.2) is 11.5 Å². The highest BCUT2D eigenvalue weighted by atomic mass is 19.1. The molecule has 0 saturated heterocycles. The molecule has 136 valence electrons. The van der Waals surface area contributed by atoms with Crippen molar-refractivity contribution in [3.63, 3.8) is 0 Å². The first-order chi connectivity index (χ1) is 12.6. The second kappa shape index (κ2) is 6.86. The number of carbonyl (C=O) groups excluding carboxylic acids is 1. The number of amides is 1. The Labute approximate surface area is 151 Å². The average Bonchev–Trinajstić information content (AvgIpc) is 3.01. The number of carbonyl (C=O) groups is 1. The maximum absolute atomic E-state index is 13.4. The van der Waals surface area contributed by atoms with Crippen molar-refractivity contribution in [2.75, 3.05) is 18.7 Å². The van der Waals surface area contributed by atoms with Crippen LogP contribution in [0.15, 0.2) is 42.5 Å². The van der Waals surface area contributed by atoms with Crippen molar-refractivity contribution in [2.45, 2.75) is 25.4 Å². The summed E-state index contributed by atoms with van der Waals surface area (Å²) in [5.41, 5.74) is 5.33. The van der Waals surface area contributed by atoms with Crippen LogP contribution in [-0.4, -0.2) is 25.7 Å². The molecule has 26 heavy (non-hydrogen) atoms. The molecule has 2 aromatic rings. The van der Waals surface area contributed by atoms with E-state index in [2.05, 4.69) is 11.5 Å². The standard InChI is InChI=1S/C20H21FN2O3/c1-25-18-7-6-15(21)12-19(18)26-16-10-14(11-16)20(24)22-23-9-8-13-4-2-3-5-17(13)23/h2-7,12,14,16H,8-11H2,1H3,(H,22,24)/t14-,16-. The number of anilines is 1. The van der Waals surface area contributed by atoms with Crippen LogP contribution in [0.1, 0.15) is 18.4 Å². The van der Waals surface area contributed by atoms with E-state index >= 15 is 0 Å². The molecular weight excluding hydrogens is 335 g/mol. The lowest BCUT2D eigenvalue weighted by Gasteiger charge is -2.35. The minimum atomic E-state index is -0.373. The predicted molar refractivity (Wildman–Crippen MR) is 95.7 cm³/mol. The fourth-order valence-electron chi connectivity index (χ4n) is 3.48. The van der Waals surface area contributed by atoms with E-state index in [0.717, 1.165) is 18.7 Å². The van der Waals surface area contributed by atoms with Gasteiger partial charge in [-0.05, 0) is 43.0 Å². The molecule has 2 aliphatic rings. The highest BCUT2D eigenvalue weighted by molar-refractivity contribution is 5.82. The summed E-state index contributed by atoms with van der Waals surface area (Å²) in [7, 11) is 1.52. The van der Waals surface area contributed by atoms with Crippen molar-refractivity contribution in [1.29, 1.82) is 0 Å². The van der Waals surface area contributed by atoms with E-state index in [-0.39, 0.29) is 23.7 Å². The van der Waals surface area contributed by atoms with Gasteiger partial charge in [-0.15, -0.1) is 0 Å². The van der Waals surface area contributed by atoms with Crippen molar-refractivity contribution in [3.05, 3.63) is 53.8 Å². The largest absolute Gasteiger partial charge is 0.493 e. The van der Waals surface area contributed by atoms with Gasteiger partial charge in [0.05, 0.1) is 12.8 Å². The molecule has 1 aliphatic heterocycles. The number of hydrogen-bond donors (Lipinski definition) is 1.